The van der Waals surface area contributed by atoms with Crippen molar-refractivity contribution < 1.29 is 24.2 Å². The Morgan fingerprint density at radius 2 is 1.87 bits per heavy atom. The third-order valence-corrected chi connectivity index (χ3v) is 8.88. The van der Waals surface area contributed by atoms with Crippen LogP contribution in [0.3, 0.4) is 0 Å². The smallest absolute Gasteiger partial charge is 0.253 e. The summed E-state index contributed by atoms with van der Waals surface area (Å²) in [6, 6.07) is 5.39. The van der Waals surface area contributed by atoms with Gasteiger partial charge in [0, 0.05) is 20.1 Å². The van der Waals surface area contributed by atoms with Gasteiger partial charge < -0.3 is 24.5 Å². The molecule has 0 saturated carbocycles. The van der Waals surface area contributed by atoms with Crippen molar-refractivity contribution in [1.29, 1.82) is 0 Å². The number of likely N-dealkylation sites (N-methyl/N-ethyl adjacent to an activating group) is 1. The van der Waals surface area contributed by atoms with Crippen LogP contribution in [-0.4, -0.2) is 82.7 Å². The predicted molar refractivity (Wildman–Crippen MR) is 151 cm³/mol. The number of ether oxygens (including phenoxy) is 1. The number of hydrogen-bond donors (Lipinski definition) is 1. The van der Waals surface area contributed by atoms with E-state index in [9.17, 15) is 19.5 Å². The fourth-order valence-corrected chi connectivity index (χ4v) is 7.25. The number of benzene rings is 1. The van der Waals surface area contributed by atoms with E-state index in [0.717, 1.165) is 0 Å². The molecule has 1 spiro atoms. The summed E-state index contributed by atoms with van der Waals surface area (Å²) in [5.41, 5.74) is -1.60. The summed E-state index contributed by atoms with van der Waals surface area (Å²) in [7, 11) is 1.68. The van der Waals surface area contributed by atoms with E-state index in [-0.39, 0.29) is 36.8 Å². The Kier molecular flexibility index (Phi) is 8.31. The molecular formula is C30H40ClN3O5. The van der Waals surface area contributed by atoms with Gasteiger partial charge in [0.05, 0.1) is 40.8 Å². The molecule has 3 heterocycles. The summed E-state index contributed by atoms with van der Waals surface area (Å²) in [5.74, 6) is -2.33. The van der Waals surface area contributed by atoms with Crippen LogP contribution < -0.4 is 4.90 Å². The van der Waals surface area contributed by atoms with E-state index in [0.29, 0.717) is 36.5 Å². The van der Waals surface area contributed by atoms with Gasteiger partial charge in [-0.05, 0) is 44.2 Å². The van der Waals surface area contributed by atoms with Crippen molar-refractivity contribution in [3.8, 4) is 0 Å². The first-order valence-corrected chi connectivity index (χ1v) is 14.0. The van der Waals surface area contributed by atoms with Crippen LogP contribution in [-0.2, 0) is 19.1 Å². The van der Waals surface area contributed by atoms with Gasteiger partial charge in [0.1, 0.15) is 11.6 Å². The standard InChI is InChI=1S/C30H40ClN3O5/c1-7-15-32(6)26(36)23-24-27(37)34(20(18-35)17-19(3)4)25(30(24)14-13-29(23,5)39-30)28(38)33(16-8-2)22-12-10-9-11-21(22)31/h7-12,19-20,23-25,35H,1-2,13-18H2,3-6H3/t20-,23-,24+,25?,29+,30?/m1/s1. The number of aliphatic hydroxyl groups is 1. The summed E-state index contributed by atoms with van der Waals surface area (Å²) >= 11 is 6.53. The van der Waals surface area contributed by atoms with Crippen LogP contribution in [0.1, 0.15) is 40.0 Å². The molecule has 2 unspecified atom stereocenters. The van der Waals surface area contributed by atoms with Crippen molar-refractivity contribution in [3.05, 3.63) is 54.6 Å². The van der Waals surface area contributed by atoms with Gasteiger partial charge in [-0.15, -0.1) is 13.2 Å². The molecule has 39 heavy (non-hydrogen) atoms. The number of aliphatic hydroxyl groups excluding tert-OH is 1. The van der Waals surface area contributed by atoms with Crippen LogP contribution in [0.15, 0.2) is 49.6 Å². The fourth-order valence-electron chi connectivity index (χ4n) is 7.01. The van der Waals surface area contributed by atoms with Gasteiger partial charge in [-0.1, -0.05) is 49.7 Å². The van der Waals surface area contributed by atoms with E-state index in [4.69, 9.17) is 16.3 Å². The second-order valence-electron chi connectivity index (χ2n) is 11.6. The third kappa shape index (κ3) is 4.70. The molecule has 4 rings (SSSR count). The van der Waals surface area contributed by atoms with Crippen LogP contribution in [0, 0.1) is 17.8 Å². The molecule has 3 amide bonds. The van der Waals surface area contributed by atoms with E-state index < -0.39 is 35.1 Å². The maximum absolute atomic E-state index is 14.6. The highest BCUT2D eigenvalue weighted by molar-refractivity contribution is 6.34. The van der Waals surface area contributed by atoms with E-state index in [1.54, 1.807) is 48.4 Å². The lowest BCUT2D eigenvalue weighted by molar-refractivity contribution is -0.151. The highest BCUT2D eigenvalue weighted by atomic mass is 35.5. The topological polar surface area (TPSA) is 90.4 Å². The minimum absolute atomic E-state index is 0.155. The molecule has 3 fully saturated rings. The normalized spacial score (nSPS) is 29.9. The first-order chi connectivity index (χ1) is 18.5. The molecule has 3 aliphatic heterocycles. The molecule has 212 valence electrons. The molecule has 0 aromatic heterocycles. The number of nitrogens with zero attached hydrogens (tertiary/aromatic N) is 3. The Morgan fingerprint density at radius 1 is 1.21 bits per heavy atom. The molecule has 9 heteroatoms. The van der Waals surface area contributed by atoms with Gasteiger partial charge in [0.15, 0.2) is 0 Å². The zero-order valence-corrected chi connectivity index (χ0v) is 24.1. The highest BCUT2D eigenvalue weighted by Gasteiger charge is 2.78. The summed E-state index contributed by atoms with van der Waals surface area (Å²) in [4.78, 5) is 47.4. The van der Waals surface area contributed by atoms with Gasteiger partial charge in [-0.3, -0.25) is 14.4 Å². The number of fused-ring (bicyclic) bond motifs is 1. The second-order valence-corrected chi connectivity index (χ2v) is 12.0. The summed E-state index contributed by atoms with van der Waals surface area (Å²) in [6.07, 6.45) is 4.73. The zero-order valence-electron chi connectivity index (χ0n) is 23.3. The lowest BCUT2D eigenvalue weighted by Gasteiger charge is -2.40. The van der Waals surface area contributed by atoms with Gasteiger partial charge in [-0.2, -0.15) is 0 Å². The number of anilines is 1. The molecule has 0 aliphatic carbocycles. The average Bonchev–Trinajstić information content (AvgIpc) is 3.46. The van der Waals surface area contributed by atoms with Gasteiger partial charge in [0.25, 0.3) is 5.91 Å². The quantitative estimate of drug-likeness (QED) is 0.419. The van der Waals surface area contributed by atoms with Gasteiger partial charge in [0.2, 0.25) is 11.8 Å². The van der Waals surface area contributed by atoms with Gasteiger partial charge in [-0.25, -0.2) is 0 Å². The monoisotopic (exact) mass is 557 g/mol. The van der Waals surface area contributed by atoms with Crippen molar-refractivity contribution in [2.45, 2.75) is 63.3 Å². The van der Waals surface area contributed by atoms with E-state index in [1.165, 1.54) is 9.80 Å². The molecule has 1 N–H and O–H groups in total. The largest absolute Gasteiger partial charge is 0.394 e. The molecule has 1 aromatic rings. The molecule has 8 nitrogen and oxygen atoms in total. The van der Waals surface area contributed by atoms with E-state index in [1.807, 2.05) is 20.8 Å². The van der Waals surface area contributed by atoms with Gasteiger partial charge >= 0.3 is 0 Å². The second kappa shape index (κ2) is 11.1. The molecule has 1 aromatic carbocycles. The molecule has 3 aliphatic rings. The van der Waals surface area contributed by atoms with Crippen LogP contribution in [0.2, 0.25) is 5.02 Å². The number of rotatable bonds is 11. The first kappa shape index (κ1) is 29.3. The van der Waals surface area contributed by atoms with Crippen LogP contribution in [0.25, 0.3) is 0 Å². The maximum Gasteiger partial charge on any atom is 0.253 e. The summed E-state index contributed by atoms with van der Waals surface area (Å²) < 4.78 is 6.74. The first-order valence-electron chi connectivity index (χ1n) is 13.6. The van der Waals surface area contributed by atoms with Crippen molar-refractivity contribution >= 4 is 35.0 Å². The van der Waals surface area contributed by atoms with Crippen LogP contribution in [0.5, 0.6) is 0 Å². The molecular weight excluding hydrogens is 518 g/mol. The van der Waals surface area contributed by atoms with Crippen molar-refractivity contribution in [3.63, 3.8) is 0 Å². The minimum atomic E-state index is -1.21. The lowest BCUT2D eigenvalue weighted by Crippen LogP contribution is -2.59. The minimum Gasteiger partial charge on any atom is -0.394 e. The predicted octanol–water partition coefficient (Wildman–Crippen LogP) is 3.68. The number of halogens is 1. The van der Waals surface area contributed by atoms with Crippen LogP contribution >= 0.6 is 11.6 Å². The van der Waals surface area contributed by atoms with E-state index in [2.05, 4.69) is 13.2 Å². The zero-order chi connectivity index (χ0) is 28.7. The maximum atomic E-state index is 14.6. The molecule has 0 radical (unpaired) electrons. The van der Waals surface area contributed by atoms with Crippen molar-refractivity contribution in [2.24, 2.45) is 17.8 Å². The van der Waals surface area contributed by atoms with E-state index >= 15 is 0 Å². The lowest BCUT2D eigenvalue weighted by atomic mass is 9.66. The fraction of sp³-hybridized carbons (Fsp3) is 0.567. The van der Waals surface area contributed by atoms with Crippen molar-refractivity contribution in [2.75, 3.05) is 31.6 Å². The highest BCUT2D eigenvalue weighted by Crippen LogP contribution is 2.64. The van der Waals surface area contributed by atoms with Crippen molar-refractivity contribution in [1.82, 2.24) is 9.80 Å². The van der Waals surface area contributed by atoms with Crippen LogP contribution in [0.4, 0.5) is 5.69 Å². The number of likely N-dealkylation sites (tertiary alicyclic amines) is 1. The number of carbonyl (C=O) groups is 3. The number of carbonyl (C=O) groups excluding carboxylic acids is 3. The number of hydrogen-bond acceptors (Lipinski definition) is 5. The Labute approximate surface area is 236 Å². The average molecular weight is 558 g/mol. The molecule has 3 saturated heterocycles. The third-order valence-electron chi connectivity index (χ3n) is 8.56. The Bertz CT molecular complexity index is 1160. The number of amides is 3. The molecule has 6 atom stereocenters. The number of para-hydroxylation sites is 1. The molecule has 2 bridgehead atoms. The SMILES string of the molecule is C=CCN(C)C(=O)[C@H]1[C@H]2C(=O)N([C@@H](CO)CC(C)C)C(C(=O)N(CC=C)c3ccccc3Cl)C23CC[C@]1(C)O3. The summed E-state index contributed by atoms with van der Waals surface area (Å²) in [5, 5.41) is 10.9. The Hall–Kier alpha value is -2.68. The summed E-state index contributed by atoms with van der Waals surface area (Å²) in [6.45, 7) is 13.6. The Balaban J connectivity index is 1.87. The Morgan fingerprint density at radius 3 is 2.46 bits per heavy atom.